The van der Waals surface area contributed by atoms with Crippen LogP contribution < -0.4 is 9.03 Å². The molecule has 0 bridgehead atoms. The van der Waals surface area contributed by atoms with E-state index < -0.39 is 27.9 Å². The Morgan fingerprint density at radius 1 is 0.870 bits per heavy atom. The van der Waals surface area contributed by atoms with Crippen molar-refractivity contribution in [2.24, 2.45) is 0 Å². The summed E-state index contributed by atoms with van der Waals surface area (Å²) in [7, 11) is -3.92. The van der Waals surface area contributed by atoms with Crippen LogP contribution in [0.4, 0.5) is 18.9 Å². The molecule has 5 aromatic rings. The number of hydrogen-bond donors (Lipinski definition) is 1. The van der Waals surface area contributed by atoms with E-state index in [1.54, 1.807) is 78.9 Å². The van der Waals surface area contributed by atoms with Crippen LogP contribution in [0, 0.1) is 0 Å². The molecule has 1 amide bonds. The number of benzene rings is 4. The third kappa shape index (κ3) is 6.67. The molecule has 0 atom stereocenters. The molecule has 1 aliphatic rings. The van der Waals surface area contributed by atoms with Crippen LogP contribution in [0.5, 0.6) is 0 Å². The molecule has 1 aliphatic heterocycles. The van der Waals surface area contributed by atoms with Gasteiger partial charge in [-0.1, -0.05) is 83.9 Å². The summed E-state index contributed by atoms with van der Waals surface area (Å²) in [5.41, 5.74) is 3.47. The molecule has 0 aliphatic carbocycles. The Labute approximate surface area is 272 Å². The maximum atomic E-state index is 13.2. The van der Waals surface area contributed by atoms with E-state index in [0.717, 1.165) is 27.6 Å². The van der Waals surface area contributed by atoms with Gasteiger partial charge in [0.1, 0.15) is 12.4 Å². The van der Waals surface area contributed by atoms with Gasteiger partial charge in [0.05, 0.1) is 27.0 Å². The quantitative estimate of drug-likeness (QED) is 0.189. The van der Waals surface area contributed by atoms with Crippen molar-refractivity contribution >= 4 is 57.2 Å². The lowest BCUT2D eigenvalue weighted by molar-refractivity contribution is -0.137. The molecule has 46 heavy (non-hydrogen) atoms. The summed E-state index contributed by atoms with van der Waals surface area (Å²) in [5.74, 6) is -0.0380. The van der Waals surface area contributed by atoms with E-state index in [4.69, 9.17) is 28.2 Å². The van der Waals surface area contributed by atoms with Crippen molar-refractivity contribution in [1.82, 2.24) is 14.3 Å². The minimum absolute atomic E-state index is 0.291. The van der Waals surface area contributed by atoms with Gasteiger partial charge in [-0.05, 0) is 64.7 Å². The first-order chi connectivity index (χ1) is 21.9. The predicted molar refractivity (Wildman–Crippen MR) is 173 cm³/mol. The summed E-state index contributed by atoms with van der Waals surface area (Å²) in [6.07, 6.45) is 1.02. The Hall–Kier alpha value is -4.58. The predicted octanol–water partition coefficient (Wildman–Crippen LogP) is 7.94. The number of rotatable bonds is 7. The highest BCUT2D eigenvalue weighted by Gasteiger charge is 2.34. The Bertz CT molecular complexity index is 2060. The number of imidazole rings is 1. The van der Waals surface area contributed by atoms with Gasteiger partial charge in [0, 0.05) is 18.3 Å². The van der Waals surface area contributed by atoms with Gasteiger partial charge < -0.3 is 4.57 Å². The highest BCUT2D eigenvalue weighted by atomic mass is 35.5. The molecule has 234 valence electrons. The van der Waals surface area contributed by atoms with Crippen molar-refractivity contribution < 1.29 is 26.4 Å². The van der Waals surface area contributed by atoms with Crippen molar-refractivity contribution in [3.8, 4) is 22.4 Å². The number of anilines is 1. The van der Waals surface area contributed by atoms with E-state index in [1.807, 2.05) is 21.6 Å². The fourth-order valence-electron chi connectivity index (χ4n) is 5.03. The van der Waals surface area contributed by atoms with Gasteiger partial charge in [0.15, 0.2) is 0 Å². The van der Waals surface area contributed by atoms with Crippen molar-refractivity contribution in [1.29, 1.82) is 0 Å². The van der Waals surface area contributed by atoms with Gasteiger partial charge in [0.25, 0.3) is 5.91 Å². The fourth-order valence-corrected chi connectivity index (χ4v) is 6.77. The number of carbonyl (C=O) groups excluding carboxylic acids is 1. The van der Waals surface area contributed by atoms with Crippen LogP contribution >= 0.6 is 23.2 Å². The van der Waals surface area contributed by atoms with Crippen molar-refractivity contribution in [3.63, 3.8) is 0 Å². The van der Waals surface area contributed by atoms with E-state index in [0.29, 0.717) is 50.5 Å². The molecule has 7 nitrogen and oxygen atoms in total. The van der Waals surface area contributed by atoms with Gasteiger partial charge in [-0.15, -0.1) is 0 Å². The number of aromatic nitrogens is 2. The van der Waals surface area contributed by atoms with Gasteiger partial charge in [0.2, 0.25) is 0 Å². The van der Waals surface area contributed by atoms with Crippen molar-refractivity contribution in [3.05, 3.63) is 130 Å². The summed E-state index contributed by atoms with van der Waals surface area (Å²) in [4.78, 5) is 16.4. The van der Waals surface area contributed by atoms with Gasteiger partial charge in [-0.2, -0.15) is 21.6 Å². The molecular formula is C33H23Cl2F3N4O3S. The third-order valence-electron chi connectivity index (χ3n) is 7.28. The molecule has 6 rings (SSSR count). The largest absolute Gasteiger partial charge is 0.416 e. The Balaban J connectivity index is 1.29. The molecule has 1 N–H and O–H groups in total. The Morgan fingerprint density at radius 3 is 2.17 bits per heavy atom. The average molecular weight is 684 g/mol. The maximum absolute atomic E-state index is 13.2. The Kier molecular flexibility index (Phi) is 8.41. The molecule has 0 saturated carbocycles. The van der Waals surface area contributed by atoms with Crippen LogP contribution in [-0.2, 0) is 27.7 Å². The van der Waals surface area contributed by atoms with Crippen molar-refractivity contribution in [2.45, 2.75) is 12.7 Å². The smallest absolute Gasteiger partial charge is 0.326 e. The Morgan fingerprint density at radius 2 is 1.54 bits per heavy atom. The van der Waals surface area contributed by atoms with Crippen LogP contribution in [0.25, 0.3) is 34.5 Å². The van der Waals surface area contributed by atoms with Crippen LogP contribution in [-0.4, -0.2) is 30.4 Å². The molecule has 0 spiro atoms. The third-order valence-corrected chi connectivity index (χ3v) is 9.32. The summed E-state index contributed by atoms with van der Waals surface area (Å²) < 4.78 is 68.9. The number of amides is 1. The summed E-state index contributed by atoms with van der Waals surface area (Å²) in [6, 6.07) is 24.2. The molecule has 1 aromatic heterocycles. The first kappa shape index (κ1) is 31.4. The first-order valence-corrected chi connectivity index (χ1v) is 16.0. The molecule has 1 saturated heterocycles. The normalized spacial score (nSPS) is 14.6. The monoisotopic (exact) mass is 682 g/mol. The minimum Gasteiger partial charge on any atom is -0.326 e. The minimum atomic E-state index is -4.43. The number of carbonyl (C=O) groups is 1. The summed E-state index contributed by atoms with van der Waals surface area (Å²) in [5, 5.41) is 0.856. The number of alkyl halides is 3. The number of halogens is 5. The molecule has 0 unspecified atom stereocenters. The number of nitrogens with one attached hydrogen (secondary N) is 1. The van der Waals surface area contributed by atoms with E-state index in [2.05, 4.69) is 0 Å². The molecular weight excluding hydrogens is 660 g/mol. The second kappa shape index (κ2) is 12.3. The summed E-state index contributed by atoms with van der Waals surface area (Å²) in [6.45, 7) is 0.0639. The zero-order valence-electron chi connectivity index (χ0n) is 23.7. The first-order valence-electron chi connectivity index (χ1n) is 13.8. The lowest BCUT2D eigenvalue weighted by Crippen LogP contribution is -2.29. The summed E-state index contributed by atoms with van der Waals surface area (Å²) >= 11 is 12.9. The molecule has 0 radical (unpaired) electrons. The number of hydrogen-bond acceptors (Lipinski definition) is 4. The van der Waals surface area contributed by atoms with Gasteiger partial charge in [-0.3, -0.25) is 4.79 Å². The van der Waals surface area contributed by atoms with Crippen molar-refractivity contribution in [2.75, 3.05) is 10.8 Å². The number of nitrogens with zero attached hydrogens (tertiary/aromatic N) is 3. The maximum Gasteiger partial charge on any atom is 0.416 e. The second-order valence-electron chi connectivity index (χ2n) is 10.4. The zero-order valence-corrected chi connectivity index (χ0v) is 26.0. The zero-order chi connectivity index (χ0) is 32.6. The van der Waals surface area contributed by atoms with Crippen LogP contribution in [0.15, 0.2) is 97.2 Å². The standard InChI is InChI=1S/C33H23Cl2F3N4O3S/c34-27-5-2-6-28(35)32(27)29-19-41(18-22-9-14-26(15-10-22)42-20-31(43)40-46(42,44)45)30(39-29)16-11-21-7-12-23(13-8-21)24-3-1-4-25(17-24)33(36,37)38/h1-17,19H,18,20H2,(H,40,43). The highest BCUT2D eigenvalue weighted by Crippen LogP contribution is 2.35. The fraction of sp³-hybridized carbons (Fsp3) is 0.0909. The molecule has 1 fully saturated rings. The van der Waals surface area contributed by atoms with Gasteiger partial charge >= 0.3 is 16.4 Å². The lowest BCUT2D eigenvalue weighted by atomic mass is 10.0. The van der Waals surface area contributed by atoms with E-state index in [1.165, 1.54) is 6.07 Å². The second-order valence-corrected chi connectivity index (χ2v) is 12.9. The van der Waals surface area contributed by atoms with Gasteiger partial charge in [-0.25, -0.2) is 14.0 Å². The molecule has 13 heteroatoms. The SMILES string of the molecule is O=C1CN(c2ccc(Cn3cc(-c4c(Cl)cccc4Cl)nc3C=Cc3ccc(-c4cccc(C(F)(F)F)c4)cc3)cc2)S(=O)(=O)N1. The highest BCUT2D eigenvalue weighted by molar-refractivity contribution is 7.92. The van der Waals surface area contributed by atoms with Crippen LogP contribution in [0.1, 0.15) is 22.5 Å². The lowest BCUT2D eigenvalue weighted by Gasteiger charge is -2.15. The van der Waals surface area contributed by atoms with E-state index in [9.17, 15) is 26.4 Å². The molecule has 4 aromatic carbocycles. The average Bonchev–Trinajstić information content (AvgIpc) is 3.53. The van der Waals surface area contributed by atoms with Crippen LogP contribution in [0.3, 0.4) is 0 Å². The topological polar surface area (TPSA) is 84.3 Å². The van der Waals surface area contributed by atoms with E-state index in [-0.39, 0.29) is 6.54 Å². The van der Waals surface area contributed by atoms with Crippen LogP contribution in [0.2, 0.25) is 10.0 Å². The van der Waals surface area contributed by atoms with E-state index >= 15 is 0 Å². The molecule has 2 heterocycles.